The van der Waals surface area contributed by atoms with Gasteiger partial charge in [0.25, 0.3) is 0 Å². The third kappa shape index (κ3) is 2.50. The van der Waals surface area contributed by atoms with Crippen LogP contribution >= 0.6 is 0 Å². The summed E-state index contributed by atoms with van der Waals surface area (Å²) in [4.78, 5) is 18.7. The Morgan fingerprint density at radius 3 is 2.96 bits per heavy atom. The van der Waals surface area contributed by atoms with Crippen molar-refractivity contribution in [2.24, 2.45) is 5.92 Å². The lowest BCUT2D eigenvalue weighted by molar-refractivity contribution is -0.128. The van der Waals surface area contributed by atoms with Gasteiger partial charge in [-0.05, 0) is 49.9 Å². The predicted octanol–water partition coefficient (Wildman–Crippen LogP) is 3.19. The number of rotatable bonds is 2. The quantitative estimate of drug-likeness (QED) is 0.884. The van der Waals surface area contributed by atoms with E-state index in [1.54, 1.807) is 0 Å². The van der Waals surface area contributed by atoms with Gasteiger partial charge in [-0.15, -0.1) is 0 Å². The molecule has 3 aliphatic rings. The number of H-pyrrole nitrogens is 1. The summed E-state index contributed by atoms with van der Waals surface area (Å²) in [7, 11) is 2.20. The van der Waals surface area contributed by atoms with Gasteiger partial charge >= 0.3 is 0 Å². The fraction of sp³-hybridized carbons (Fsp3) is 0.571. The number of benzene rings is 1. The van der Waals surface area contributed by atoms with Gasteiger partial charge in [0.05, 0.1) is 5.92 Å². The van der Waals surface area contributed by atoms with E-state index in [0.717, 1.165) is 32.2 Å². The molecule has 4 heteroatoms. The molecule has 25 heavy (non-hydrogen) atoms. The van der Waals surface area contributed by atoms with Gasteiger partial charge in [-0.2, -0.15) is 0 Å². The SMILES string of the molecule is CN1C[C@H](C(=O)NC2CCCC2)C[C@@H]2c3cccc4[nH]cc(c34)C[C@H]21. The van der Waals surface area contributed by atoms with Crippen molar-refractivity contribution in [1.82, 2.24) is 15.2 Å². The maximum absolute atomic E-state index is 12.9. The predicted molar refractivity (Wildman–Crippen MR) is 99.7 cm³/mol. The second-order valence-electron chi connectivity index (χ2n) is 8.32. The van der Waals surface area contributed by atoms with E-state index in [4.69, 9.17) is 0 Å². The number of likely N-dealkylation sites (tertiary alicyclic amines) is 1. The van der Waals surface area contributed by atoms with Gasteiger partial charge in [0, 0.05) is 41.6 Å². The molecule has 3 atom stereocenters. The van der Waals surface area contributed by atoms with Crippen molar-refractivity contribution in [1.29, 1.82) is 0 Å². The second-order valence-corrected chi connectivity index (χ2v) is 8.32. The highest BCUT2D eigenvalue weighted by molar-refractivity contribution is 5.88. The molecule has 5 rings (SSSR count). The highest BCUT2D eigenvalue weighted by atomic mass is 16.2. The average molecular weight is 337 g/mol. The molecule has 1 aliphatic heterocycles. The molecule has 2 heterocycles. The molecule has 1 aromatic carbocycles. The maximum atomic E-state index is 12.9. The van der Waals surface area contributed by atoms with Gasteiger partial charge in [0.1, 0.15) is 0 Å². The summed E-state index contributed by atoms with van der Waals surface area (Å²) >= 11 is 0. The molecule has 0 unspecified atom stereocenters. The van der Waals surface area contributed by atoms with Crippen LogP contribution in [0, 0.1) is 5.92 Å². The number of amides is 1. The first-order valence-corrected chi connectivity index (χ1v) is 9.80. The molecular weight excluding hydrogens is 310 g/mol. The van der Waals surface area contributed by atoms with Gasteiger partial charge in [-0.1, -0.05) is 25.0 Å². The van der Waals surface area contributed by atoms with Crippen LogP contribution in [0.3, 0.4) is 0 Å². The zero-order chi connectivity index (χ0) is 17.0. The first-order valence-electron chi connectivity index (χ1n) is 9.80. The molecule has 0 spiro atoms. The lowest BCUT2D eigenvalue weighted by Gasteiger charge is -2.45. The van der Waals surface area contributed by atoms with E-state index in [0.29, 0.717) is 18.0 Å². The Balaban J connectivity index is 1.43. The standard InChI is InChI=1S/C21H27N3O/c1-24-12-14(21(25)23-15-5-2-3-6-15)9-17-16-7-4-8-18-20(16)13(11-22-18)10-19(17)24/h4,7-8,11,14-15,17,19,22H,2-3,5-6,9-10,12H2,1H3,(H,23,25)/t14-,17-,19-/m1/s1. The molecule has 4 nitrogen and oxygen atoms in total. The Bertz CT molecular complexity index is 805. The van der Waals surface area contributed by atoms with Gasteiger partial charge in [-0.25, -0.2) is 0 Å². The third-order valence-electron chi connectivity index (χ3n) is 6.80. The number of aromatic amines is 1. The molecule has 1 aromatic heterocycles. The monoisotopic (exact) mass is 337 g/mol. The van der Waals surface area contributed by atoms with Crippen LogP contribution < -0.4 is 5.32 Å². The van der Waals surface area contributed by atoms with E-state index < -0.39 is 0 Å². The number of hydrogen-bond acceptors (Lipinski definition) is 2. The van der Waals surface area contributed by atoms with Gasteiger partial charge < -0.3 is 15.2 Å². The van der Waals surface area contributed by atoms with Crippen LogP contribution in [0.1, 0.15) is 49.1 Å². The molecule has 1 amide bonds. The number of hydrogen-bond donors (Lipinski definition) is 2. The number of fused-ring (bicyclic) bond motifs is 2. The normalized spacial score (nSPS) is 29.7. The van der Waals surface area contributed by atoms with Crippen molar-refractivity contribution in [2.75, 3.05) is 13.6 Å². The molecular formula is C21H27N3O. The van der Waals surface area contributed by atoms with Crippen molar-refractivity contribution < 1.29 is 4.79 Å². The van der Waals surface area contributed by atoms with Gasteiger partial charge in [0.2, 0.25) is 5.91 Å². The number of aromatic nitrogens is 1. The fourth-order valence-corrected chi connectivity index (χ4v) is 5.52. The van der Waals surface area contributed by atoms with E-state index in [1.165, 1.54) is 34.9 Å². The Kier molecular flexibility index (Phi) is 3.63. The molecule has 2 fully saturated rings. The van der Waals surface area contributed by atoms with E-state index in [-0.39, 0.29) is 11.8 Å². The number of carbonyl (C=O) groups excluding carboxylic acids is 1. The van der Waals surface area contributed by atoms with Crippen molar-refractivity contribution in [2.45, 2.75) is 56.5 Å². The number of likely N-dealkylation sites (N-methyl/N-ethyl adjacent to an activating group) is 1. The van der Waals surface area contributed by atoms with Crippen LogP contribution in [0.4, 0.5) is 0 Å². The Morgan fingerprint density at radius 1 is 1.28 bits per heavy atom. The highest BCUT2D eigenvalue weighted by Gasteiger charge is 2.41. The van der Waals surface area contributed by atoms with Gasteiger partial charge in [0.15, 0.2) is 0 Å². The summed E-state index contributed by atoms with van der Waals surface area (Å²) in [5.41, 5.74) is 4.12. The van der Waals surface area contributed by atoms with E-state index >= 15 is 0 Å². The zero-order valence-electron chi connectivity index (χ0n) is 14.9. The van der Waals surface area contributed by atoms with E-state index in [9.17, 15) is 4.79 Å². The van der Waals surface area contributed by atoms with Crippen LogP contribution in [0.25, 0.3) is 10.9 Å². The summed E-state index contributed by atoms with van der Waals surface area (Å²) in [6.45, 7) is 0.884. The minimum absolute atomic E-state index is 0.114. The smallest absolute Gasteiger partial charge is 0.224 e. The van der Waals surface area contributed by atoms with Crippen molar-refractivity contribution >= 4 is 16.8 Å². The molecule has 1 saturated carbocycles. The van der Waals surface area contributed by atoms with Crippen LogP contribution in [0.5, 0.6) is 0 Å². The summed E-state index contributed by atoms with van der Waals surface area (Å²) in [6, 6.07) is 7.54. The fourth-order valence-electron chi connectivity index (χ4n) is 5.52. The summed E-state index contributed by atoms with van der Waals surface area (Å²) in [5, 5.41) is 4.74. The van der Waals surface area contributed by atoms with Crippen LogP contribution in [0.2, 0.25) is 0 Å². The minimum Gasteiger partial charge on any atom is -0.361 e. The van der Waals surface area contributed by atoms with Crippen LogP contribution in [0.15, 0.2) is 24.4 Å². The van der Waals surface area contributed by atoms with E-state index in [1.807, 2.05) is 0 Å². The first kappa shape index (κ1) is 15.4. The number of nitrogens with one attached hydrogen (secondary N) is 2. The molecule has 132 valence electrons. The maximum Gasteiger partial charge on any atom is 0.224 e. The highest BCUT2D eigenvalue weighted by Crippen LogP contribution is 2.44. The largest absolute Gasteiger partial charge is 0.361 e. The molecule has 2 aromatic rings. The zero-order valence-corrected chi connectivity index (χ0v) is 14.9. The van der Waals surface area contributed by atoms with Crippen LogP contribution in [-0.4, -0.2) is 41.5 Å². The average Bonchev–Trinajstić information content (AvgIpc) is 3.27. The Labute approximate surface area is 149 Å². The van der Waals surface area contributed by atoms with Crippen molar-refractivity contribution in [3.05, 3.63) is 35.5 Å². The Hall–Kier alpha value is -1.81. The summed E-state index contributed by atoms with van der Waals surface area (Å²) in [6.07, 6.45) is 9.10. The summed E-state index contributed by atoms with van der Waals surface area (Å²) in [5.74, 6) is 0.858. The van der Waals surface area contributed by atoms with Crippen LogP contribution in [-0.2, 0) is 11.2 Å². The van der Waals surface area contributed by atoms with Crippen molar-refractivity contribution in [3.8, 4) is 0 Å². The molecule has 2 N–H and O–H groups in total. The molecule has 2 aliphatic carbocycles. The van der Waals surface area contributed by atoms with Crippen molar-refractivity contribution in [3.63, 3.8) is 0 Å². The Morgan fingerprint density at radius 2 is 2.12 bits per heavy atom. The lowest BCUT2D eigenvalue weighted by Crippen LogP contribution is -2.52. The van der Waals surface area contributed by atoms with E-state index in [2.05, 4.69) is 46.6 Å². The minimum atomic E-state index is 0.114. The first-order chi connectivity index (χ1) is 12.2. The summed E-state index contributed by atoms with van der Waals surface area (Å²) < 4.78 is 0. The number of nitrogens with zero attached hydrogens (tertiary/aromatic N) is 1. The lowest BCUT2D eigenvalue weighted by atomic mass is 9.72. The third-order valence-corrected chi connectivity index (χ3v) is 6.80. The molecule has 0 bridgehead atoms. The number of piperidine rings is 1. The number of carbonyl (C=O) groups is 1. The molecule has 0 radical (unpaired) electrons. The van der Waals surface area contributed by atoms with Gasteiger partial charge in [-0.3, -0.25) is 4.79 Å². The topological polar surface area (TPSA) is 48.1 Å². The molecule has 1 saturated heterocycles. The second kappa shape index (κ2) is 5.87.